The monoisotopic (exact) mass is 434 g/mol. The molecule has 1 atom stereocenters. The zero-order chi connectivity index (χ0) is 22.7. The van der Waals surface area contributed by atoms with Crippen molar-refractivity contribution in [3.63, 3.8) is 0 Å². The number of ether oxygens (including phenoxy) is 2. The van der Waals surface area contributed by atoms with E-state index in [0.29, 0.717) is 36.0 Å². The number of rotatable bonds is 9. The van der Waals surface area contributed by atoms with Gasteiger partial charge in [0.05, 0.1) is 13.0 Å². The molecule has 1 aliphatic rings. The number of hydrogen-bond acceptors (Lipinski definition) is 3. The minimum atomic E-state index is -0.803. The highest BCUT2D eigenvalue weighted by Crippen LogP contribution is 2.45. The summed E-state index contributed by atoms with van der Waals surface area (Å²) >= 11 is 0. The zero-order valence-electron chi connectivity index (χ0n) is 18.3. The van der Waals surface area contributed by atoms with E-state index in [1.54, 1.807) is 26.2 Å². The second kappa shape index (κ2) is 9.43. The van der Waals surface area contributed by atoms with E-state index in [9.17, 15) is 9.18 Å². The number of halogens is 1. The molecule has 1 fully saturated rings. The molecule has 3 aromatic carbocycles. The first kappa shape index (κ1) is 21.9. The van der Waals surface area contributed by atoms with Crippen LogP contribution in [0.5, 0.6) is 11.5 Å². The van der Waals surface area contributed by atoms with Gasteiger partial charge < -0.3 is 14.6 Å². The third kappa shape index (κ3) is 5.10. The van der Waals surface area contributed by atoms with Crippen molar-refractivity contribution in [3.05, 3.63) is 83.2 Å². The van der Waals surface area contributed by atoms with Gasteiger partial charge in [-0.2, -0.15) is 0 Å². The summed E-state index contributed by atoms with van der Waals surface area (Å²) in [7, 11) is 1.58. The van der Waals surface area contributed by atoms with Gasteiger partial charge in [-0.25, -0.2) is 4.39 Å². The van der Waals surface area contributed by atoms with E-state index in [-0.39, 0.29) is 5.82 Å². The molecule has 166 valence electrons. The summed E-state index contributed by atoms with van der Waals surface area (Å²) < 4.78 is 25.9. The third-order valence-electron chi connectivity index (χ3n) is 5.89. The van der Waals surface area contributed by atoms with Crippen LogP contribution in [0.25, 0.3) is 11.1 Å². The van der Waals surface area contributed by atoms with Crippen LogP contribution < -0.4 is 9.47 Å². The fourth-order valence-corrected chi connectivity index (χ4v) is 3.84. The van der Waals surface area contributed by atoms with Crippen LogP contribution in [0.1, 0.15) is 42.4 Å². The number of benzene rings is 3. The molecule has 4 nitrogen and oxygen atoms in total. The lowest BCUT2D eigenvalue weighted by molar-refractivity contribution is -0.141. The van der Waals surface area contributed by atoms with E-state index in [4.69, 9.17) is 14.6 Å². The Morgan fingerprint density at radius 1 is 1.00 bits per heavy atom. The Kier molecular flexibility index (Phi) is 6.45. The van der Waals surface area contributed by atoms with Crippen LogP contribution in [0.2, 0.25) is 0 Å². The summed E-state index contributed by atoms with van der Waals surface area (Å²) in [5.74, 6) is 0.313. The van der Waals surface area contributed by atoms with Crippen molar-refractivity contribution in [3.8, 4) is 22.6 Å². The Balaban J connectivity index is 1.52. The van der Waals surface area contributed by atoms with Gasteiger partial charge in [-0.05, 0) is 83.8 Å². The number of hydrogen-bond donors (Lipinski definition) is 1. The molecule has 3 aromatic rings. The average Bonchev–Trinajstić information content (AvgIpc) is 3.64. The predicted molar refractivity (Wildman–Crippen MR) is 122 cm³/mol. The lowest BCUT2D eigenvalue weighted by Crippen LogP contribution is -2.12. The maximum absolute atomic E-state index is 14.7. The highest BCUT2D eigenvalue weighted by molar-refractivity contribution is 5.71. The van der Waals surface area contributed by atoms with Gasteiger partial charge in [-0.1, -0.05) is 31.2 Å². The van der Waals surface area contributed by atoms with Crippen LogP contribution in [-0.4, -0.2) is 18.2 Å². The molecule has 32 heavy (non-hydrogen) atoms. The van der Waals surface area contributed by atoms with E-state index in [2.05, 4.69) is 6.07 Å². The van der Waals surface area contributed by atoms with E-state index in [1.165, 1.54) is 6.07 Å². The standard InChI is InChI=1S/C27H27FO4/c1-17(27(29)30)13-18-3-8-21(9-4-18)32-16-19-5-11-23(20-6-7-20)24(14-19)25-15-22(31-2)10-12-26(25)28/h3-5,8-12,14-15,17,20H,6-7,13,16H2,1-2H3,(H,29,30). The highest BCUT2D eigenvalue weighted by atomic mass is 19.1. The fraction of sp³-hybridized carbons (Fsp3) is 0.296. The average molecular weight is 435 g/mol. The molecule has 0 aromatic heterocycles. The molecule has 0 spiro atoms. The minimum absolute atomic E-state index is 0.267. The number of carbonyl (C=O) groups is 1. The molecule has 0 saturated heterocycles. The maximum Gasteiger partial charge on any atom is 0.306 e. The summed E-state index contributed by atoms with van der Waals surface area (Å²) in [6.45, 7) is 2.05. The van der Waals surface area contributed by atoms with Gasteiger partial charge in [0.2, 0.25) is 0 Å². The number of methoxy groups -OCH3 is 1. The first-order chi connectivity index (χ1) is 15.4. The molecular weight excluding hydrogens is 407 g/mol. The summed E-state index contributed by atoms with van der Waals surface area (Å²) in [5.41, 5.74) is 4.51. The second-order valence-electron chi connectivity index (χ2n) is 8.42. The van der Waals surface area contributed by atoms with Crippen molar-refractivity contribution >= 4 is 5.97 Å². The Labute approximate surface area is 187 Å². The van der Waals surface area contributed by atoms with E-state index < -0.39 is 11.9 Å². The molecule has 0 bridgehead atoms. The summed E-state index contributed by atoms with van der Waals surface area (Å²) in [6.07, 6.45) is 2.73. The zero-order valence-corrected chi connectivity index (χ0v) is 18.3. The van der Waals surface area contributed by atoms with Gasteiger partial charge in [0.1, 0.15) is 23.9 Å². The summed E-state index contributed by atoms with van der Waals surface area (Å²) in [4.78, 5) is 11.0. The Morgan fingerprint density at radius 2 is 1.69 bits per heavy atom. The van der Waals surface area contributed by atoms with Crippen LogP contribution >= 0.6 is 0 Å². The fourth-order valence-electron chi connectivity index (χ4n) is 3.84. The highest BCUT2D eigenvalue weighted by Gasteiger charge is 2.27. The molecule has 1 aliphatic carbocycles. The number of aliphatic carboxylic acids is 1. The lowest BCUT2D eigenvalue weighted by atomic mass is 9.94. The predicted octanol–water partition coefficient (Wildman–Crippen LogP) is 6.22. The van der Waals surface area contributed by atoms with Crippen molar-refractivity contribution in [1.29, 1.82) is 0 Å². The molecule has 0 radical (unpaired) electrons. The van der Waals surface area contributed by atoms with Crippen LogP contribution in [0.3, 0.4) is 0 Å². The van der Waals surface area contributed by atoms with Crippen molar-refractivity contribution in [2.45, 2.75) is 38.7 Å². The number of carboxylic acid groups (broad SMARTS) is 1. The first-order valence-corrected chi connectivity index (χ1v) is 10.9. The maximum atomic E-state index is 14.7. The molecule has 1 N–H and O–H groups in total. The largest absolute Gasteiger partial charge is 0.497 e. The Bertz CT molecular complexity index is 1100. The summed E-state index contributed by atoms with van der Waals surface area (Å²) in [5, 5.41) is 9.06. The van der Waals surface area contributed by atoms with Crippen molar-refractivity contribution in [2.75, 3.05) is 7.11 Å². The molecule has 0 amide bonds. The van der Waals surface area contributed by atoms with Gasteiger partial charge in [0, 0.05) is 5.56 Å². The quantitative estimate of drug-likeness (QED) is 0.434. The van der Waals surface area contributed by atoms with Gasteiger partial charge in [0.15, 0.2) is 0 Å². The van der Waals surface area contributed by atoms with Crippen molar-refractivity contribution < 1.29 is 23.8 Å². The minimum Gasteiger partial charge on any atom is -0.497 e. The van der Waals surface area contributed by atoms with Gasteiger partial charge >= 0.3 is 5.97 Å². The molecule has 1 saturated carbocycles. The smallest absolute Gasteiger partial charge is 0.306 e. The number of carboxylic acids is 1. The van der Waals surface area contributed by atoms with Crippen LogP contribution in [-0.2, 0) is 17.8 Å². The van der Waals surface area contributed by atoms with E-state index in [0.717, 1.165) is 35.1 Å². The van der Waals surface area contributed by atoms with Crippen LogP contribution in [0, 0.1) is 11.7 Å². The summed E-state index contributed by atoms with van der Waals surface area (Å²) in [6, 6.07) is 18.4. The molecular formula is C27H27FO4. The Hall–Kier alpha value is -3.34. The van der Waals surface area contributed by atoms with Crippen LogP contribution in [0.4, 0.5) is 4.39 Å². The molecule has 0 aliphatic heterocycles. The second-order valence-corrected chi connectivity index (χ2v) is 8.42. The van der Waals surface area contributed by atoms with E-state index >= 15 is 0 Å². The van der Waals surface area contributed by atoms with Gasteiger partial charge in [-0.15, -0.1) is 0 Å². The van der Waals surface area contributed by atoms with Crippen molar-refractivity contribution in [1.82, 2.24) is 0 Å². The third-order valence-corrected chi connectivity index (χ3v) is 5.89. The molecule has 1 unspecified atom stereocenters. The molecule has 4 rings (SSSR count). The van der Waals surface area contributed by atoms with Gasteiger partial charge in [-0.3, -0.25) is 4.79 Å². The van der Waals surface area contributed by atoms with Crippen molar-refractivity contribution in [2.24, 2.45) is 5.92 Å². The normalized spacial score (nSPS) is 14.1. The SMILES string of the molecule is COc1ccc(F)c(-c2cc(COc3ccc(CC(C)C(=O)O)cc3)ccc2C2CC2)c1. The molecule has 0 heterocycles. The topological polar surface area (TPSA) is 55.8 Å². The molecule has 5 heteroatoms. The Morgan fingerprint density at radius 3 is 2.34 bits per heavy atom. The lowest BCUT2D eigenvalue weighted by Gasteiger charge is -2.14. The van der Waals surface area contributed by atoms with Gasteiger partial charge in [0.25, 0.3) is 0 Å². The van der Waals surface area contributed by atoms with Crippen LogP contribution in [0.15, 0.2) is 60.7 Å². The first-order valence-electron chi connectivity index (χ1n) is 10.9. The van der Waals surface area contributed by atoms with E-state index in [1.807, 2.05) is 36.4 Å².